The number of nitrogens with zero attached hydrogens (tertiary/aromatic N) is 4. The molecule has 10 heteroatoms. The molecule has 0 spiro atoms. The summed E-state index contributed by atoms with van der Waals surface area (Å²) in [6.45, 7) is 3.36. The maximum atomic E-state index is 12.0. The molecule has 1 saturated heterocycles. The number of amides is 1. The van der Waals surface area contributed by atoms with Gasteiger partial charge in [0, 0.05) is 48.9 Å². The highest BCUT2D eigenvalue weighted by molar-refractivity contribution is 5.99. The number of aromatic nitrogens is 3. The number of aromatic amines is 1. The Morgan fingerprint density at radius 1 is 1.16 bits per heavy atom. The highest BCUT2D eigenvalue weighted by Gasteiger charge is 2.26. The quantitative estimate of drug-likeness (QED) is 0.315. The molecule has 198 valence electrons. The number of hydrogen-bond acceptors (Lipinski definition) is 8. The van der Waals surface area contributed by atoms with E-state index in [4.69, 9.17) is 14.5 Å². The van der Waals surface area contributed by atoms with Crippen LogP contribution < -0.4 is 25.0 Å². The molecular formula is C28H33N7O3. The van der Waals surface area contributed by atoms with Gasteiger partial charge < -0.3 is 34.9 Å². The fraction of sp³-hybridized carbons (Fsp3) is 0.321. The highest BCUT2D eigenvalue weighted by atomic mass is 16.5. The van der Waals surface area contributed by atoms with Crippen molar-refractivity contribution in [1.29, 1.82) is 0 Å². The number of hydrogen-bond donors (Lipinski definition) is 3. The monoisotopic (exact) mass is 515 g/mol. The molecule has 0 saturated carbocycles. The van der Waals surface area contributed by atoms with Crippen LogP contribution in [0.1, 0.15) is 13.3 Å². The van der Waals surface area contributed by atoms with E-state index in [1.807, 2.05) is 42.6 Å². The summed E-state index contributed by atoms with van der Waals surface area (Å²) in [5, 5.41) is 7.25. The molecule has 10 nitrogen and oxygen atoms in total. The smallest absolute Gasteiger partial charge is 0.227 e. The van der Waals surface area contributed by atoms with E-state index in [1.54, 1.807) is 20.4 Å². The van der Waals surface area contributed by atoms with E-state index in [0.29, 0.717) is 23.4 Å². The van der Waals surface area contributed by atoms with Gasteiger partial charge in [-0.15, -0.1) is 0 Å². The third-order valence-corrected chi connectivity index (χ3v) is 6.93. The number of rotatable bonds is 8. The molecule has 1 fully saturated rings. The Labute approximate surface area is 222 Å². The Kier molecular flexibility index (Phi) is 7.06. The van der Waals surface area contributed by atoms with Crippen LogP contribution in [0.3, 0.4) is 0 Å². The van der Waals surface area contributed by atoms with Gasteiger partial charge in [-0.1, -0.05) is 12.1 Å². The van der Waals surface area contributed by atoms with Crippen molar-refractivity contribution in [2.75, 3.05) is 56.9 Å². The maximum Gasteiger partial charge on any atom is 0.227 e. The summed E-state index contributed by atoms with van der Waals surface area (Å²) in [5.41, 5.74) is 4.92. The van der Waals surface area contributed by atoms with Gasteiger partial charge >= 0.3 is 0 Å². The summed E-state index contributed by atoms with van der Waals surface area (Å²) in [6.07, 6.45) is 4.62. The molecule has 1 atom stereocenters. The predicted octanol–water partition coefficient (Wildman–Crippen LogP) is 4.48. The fourth-order valence-corrected chi connectivity index (χ4v) is 4.96. The number of nitrogens with one attached hydrogen (secondary N) is 3. The van der Waals surface area contributed by atoms with Crippen LogP contribution in [0.2, 0.25) is 0 Å². The predicted molar refractivity (Wildman–Crippen MR) is 151 cm³/mol. The molecule has 1 aliphatic heterocycles. The average Bonchev–Trinajstić information content (AvgIpc) is 3.56. The Balaban J connectivity index is 1.47. The summed E-state index contributed by atoms with van der Waals surface area (Å²) in [6, 6.07) is 12.3. The number of likely N-dealkylation sites (N-methyl/N-ethyl adjacent to an activating group) is 1. The second kappa shape index (κ2) is 10.6. The van der Waals surface area contributed by atoms with Crippen molar-refractivity contribution in [2.24, 2.45) is 0 Å². The van der Waals surface area contributed by atoms with Gasteiger partial charge in [-0.2, -0.15) is 0 Å². The van der Waals surface area contributed by atoms with E-state index in [1.165, 1.54) is 6.92 Å². The van der Waals surface area contributed by atoms with Crippen LogP contribution in [0.4, 0.5) is 23.0 Å². The van der Waals surface area contributed by atoms with Crippen molar-refractivity contribution in [3.63, 3.8) is 0 Å². The molecule has 38 heavy (non-hydrogen) atoms. The van der Waals surface area contributed by atoms with Crippen LogP contribution in [0.15, 0.2) is 48.8 Å². The van der Waals surface area contributed by atoms with Gasteiger partial charge in [0.05, 0.1) is 37.3 Å². The third kappa shape index (κ3) is 4.95. The molecule has 0 aliphatic carbocycles. The Morgan fingerprint density at radius 2 is 1.97 bits per heavy atom. The summed E-state index contributed by atoms with van der Waals surface area (Å²) in [5.74, 6) is 1.59. The van der Waals surface area contributed by atoms with Gasteiger partial charge in [-0.3, -0.25) is 4.79 Å². The Hall–Kier alpha value is -4.31. The van der Waals surface area contributed by atoms with E-state index in [-0.39, 0.29) is 5.91 Å². The summed E-state index contributed by atoms with van der Waals surface area (Å²) in [4.78, 5) is 29.1. The van der Waals surface area contributed by atoms with Crippen LogP contribution in [-0.2, 0) is 4.79 Å². The lowest BCUT2D eigenvalue weighted by atomic mass is 10.1. The molecule has 0 radical (unpaired) electrons. The van der Waals surface area contributed by atoms with Crippen LogP contribution in [0, 0.1) is 0 Å². The van der Waals surface area contributed by atoms with Crippen LogP contribution >= 0.6 is 0 Å². The highest BCUT2D eigenvalue weighted by Crippen LogP contribution is 2.38. The zero-order valence-corrected chi connectivity index (χ0v) is 22.3. The minimum atomic E-state index is -0.121. The number of para-hydroxylation sites is 1. The number of H-pyrrole nitrogens is 1. The van der Waals surface area contributed by atoms with E-state index in [0.717, 1.165) is 58.8 Å². The van der Waals surface area contributed by atoms with Crippen molar-refractivity contribution in [3.8, 4) is 22.8 Å². The zero-order valence-electron chi connectivity index (χ0n) is 22.3. The van der Waals surface area contributed by atoms with Crippen molar-refractivity contribution in [3.05, 3.63) is 48.8 Å². The lowest BCUT2D eigenvalue weighted by molar-refractivity contribution is -0.114. The molecule has 3 heterocycles. The fourth-order valence-electron chi connectivity index (χ4n) is 4.96. The minimum absolute atomic E-state index is 0.121. The average molecular weight is 516 g/mol. The summed E-state index contributed by atoms with van der Waals surface area (Å²) >= 11 is 0. The number of methoxy groups -OCH3 is 2. The number of anilines is 4. The molecule has 2 aromatic carbocycles. The first-order valence-corrected chi connectivity index (χ1v) is 12.5. The number of carbonyl (C=O) groups is 1. The van der Waals surface area contributed by atoms with Crippen molar-refractivity contribution < 1.29 is 14.3 Å². The Morgan fingerprint density at radius 3 is 2.68 bits per heavy atom. The molecule has 1 aliphatic rings. The molecule has 3 N–H and O–H groups in total. The first-order chi connectivity index (χ1) is 18.4. The molecule has 2 aromatic heterocycles. The van der Waals surface area contributed by atoms with Gasteiger partial charge in [0.1, 0.15) is 11.4 Å². The van der Waals surface area contributed by atoms with E-state index in [9.17, 15) is 4.79 Å². The molecular weight excluding hydrogens is 482 g/mol. The molecule has 5 rings (SSSR count). The SMILES string of the molecule is COc1cnc(Nc2ccc(N3CC[C@@H](N(C)C)C3)c(NC(C)=O)c2)nc1-c1c[nH]c2c(OC)cccc12. The van der Waals surface area contributed by atoms with Crippen LogP contribution in [0.25, 0.3) is 22.2 Å². The van der Waals surface area contributed by atoms with Crippen molar-refractivity contribution >= 4 is 39.8 Å². The van der Waals surface area contributed by atoms with Gasteiger partial charge in [0.25, 0.3) is 0 Å². The summed E-state index contributed by atoms with van der Waals surface area (Å²) < 4.78 is 11.1. The largest absolute Gasteiger partial charge is 0.495 e. The van der Waals surface area contributed by atoms with Gasteiger partial charge in [-0.25, -0.2) is 9.97 Å². The number of ether oxygens (including phenoxy) is 2. The Bertz CT molecular complexity index is 1470. The van der Waals surface area contributed by atoms with Crippen LogP contribution in [0.5, 0.6) is 11.5 Å². The minimum Gasteiger partial charge on any atom is -0.495 e. The lowest BCUT2D eigenvalue weighted by Crippen LogP contribution is -2.31. The standard InChI is InChI=1S/C28H33N7O3/c1-17(36)31-22-13-18(9-10-23(22)35-12-11-19(16-35)34(2)3)32-28-30-15-25(38-5)27(33-28)21-14-29-26-20(21)7-6-8-24(26)37-4/h6-10,13-15,19,29H,11-12,16H2,1-5H3,(H,31,36)(H,30,32,33)/t19-/m1/s1. The van der Waals surface area contributed by atoms with Crippen molar-refractivity contribution in [2.45, 2.75) is 19.4 Å². The lowest BCUT2D eigenvalue weighted by Gasteiger charge is -2.24. The first-order valence-electron chi connectivity index (χ1n) is 12.5. The molecule has 4 aromatic rings. The van der Waals surface area contributed by atoms with Gasteiger partial charge in [-0.05, 0) is 44.8 Å². The molecule has 0 bridgehead atoms. The first kappa shape index (κ1) is 25.3. The van der Waals surface area contributed by atoms with Crippen LogP contribution in [-0.4, -0.2) is 73.2 Å². The number of benzene rings is 2. The maximum absolute atomic E-state index is 12.0. The second-order valence-electron chi connectivity index (χ2n) is 9.59. The van der Waals surface area contributed by atoms with E-state index >= 15 is 0 Å². The van der Waals surface area contributed by atoms with Gasteiger partial charge in [0.2, 0.25) is 11.9 Å². The number of carbonyl (C=O) groups excluding carboxylic acids is 1. The van der Waals surface area contributed by atoms with E-state index < -0.39 is 0 Å². The zero-order chi connectivity index (χ0) is 26.8. The topological polar surface area (TPSA) is 108 Å². The van der Waals surface area contributed by atoms with Gasteiger partial charge in [0.15, 0.2) is 5.75 Å². The van der Waals surface area contributed by atoms with E-state index in [2.05, 4.69) is 44.5 Å². The summed E-state index contributed by atoms with van der Waals surface area (Å²) in [7, 11) is 7.45. The number of fused-ring (bicyclic) bond motifs is 1. The molecule has 1 amide bonds. The molecule has 0 unspecified atom stereocenters. The van der Waals surface area contributed by atoms with Crippen molar-refractivity contribution in [1.82, 2.24) is 19.9 Å². The second-order valence-corrected chi connectivity index (χ2v) is 9.59. The third-order valence-electron chi connectivity index (χ3n) is 6.93. The normalized spacial score (nSPS) is 15.2.